The molecule has 3 amide bonds. The van der Waals surface area contributed by atoms with Gasteiger partial charge in [0.2, 0.25) is 11.8 Å². The highest BCUT2D eigenvalue weighted by atomic mass is 16.6. The molecule has 0 unspecified atom stereocenters. The van der Waals surface area contributed by atoms with Crippen LogP contribution < -0.4 is 11.1 Å². The molecular weight excluding hydrogens is 362 g/mol. The molecule has 2 heterocycles. The molecule has 156 valence electrons. The molecule has 2 atom stereocenters. The highest BCUT2D eigenvalue weighted by molar-refractivity contribution is 5.80. The van der Waals surface area contributed by atoms with Crippen LogP contribution in [-0.4, -0.2) is 57.8 Å². The van der Waals surface area contributed by atoms with Crippen molar-refractivity contribution in [3.05, 3.63) is 18.0 Å². The molecule has 1 aliphatic rings. The number of rotatable bonds is 7. The topological polar surface area (TPSA) is 120 Å². The Labute approximate surface area is 165 Å². The fourth-order valence-corrected chi connectivity index (χ4v) is 3.20. The number of hydrogen-bond donors (Lipinski definition) is 2. The Bertz CT molecular complexity index is 709. The molecule has 1 saturated heterocycles. The quantitative estimate of drug-likeness (QED) is 0.711. The van der Waals surface area contributed by atoms with Gasteiger partial charge in [-0.1, -0.05) is 0 Å². The van der Waals surface area contributed by atoms with Gasteiger partial charge in [-0.15, -0.1) is 0 Å². The number of nitrogens with zero attached hydrogens (tertiary/aromatic N) is 3. The third kappa shape index (κ3) is 6.86. The largest absolute Gasteiger partial charge is 0.444 e. The molecule has 0 aliphatic carbocycles. The summed E-state index contributed by atoms with van der Waals surface area (Å²) in [6.45, 7) is 6.74. The number of nitrogens with two attached hydrogens (primary N) is 1. The zero-order valence-electron chi connectivity index (χ0n) is 17.1. The molecule has 0 radical (unpaired) electrons. The van der Waals surface area contributed by atoms with Crippen molar-refractivity contribution in [2.45, 2.75) is 45.6 Å². The highest BCUT2D eigenvalue weighted by Gasteiger charge is 2.31. The third-order valence-corrected chi connectivity index (χ3v) is 4.60. The molecule has 1 aromatic rings. The van der Waals surface area contributed by atoms with Crippen molar-refractivity contribution < 1.29 is 19.1 Å². The van der Waals surface area contributed by atoms with Crippen LogP contribution in [0.2, 0.25) is 0 Å². The number of likely N-dealkylation sites (tertiary alicyclic amines) is 1. The molecule has 1 fully saturated rings. The average Bonchev–Trinajstić information content (AvgIpc) is 3.18. The highest BCUT2D eigenvalue weighted by Crippen LogP contribution is 2.22. The standard InChI is InChI=1S/C19H31N5O4/c1-19(2,3)28-18(27)24-6-5-13(12-24)8-16(25)21-10-15(17(20)26)7-14-9-22-23(4)11-14/h9,11,13,15H,5-8,10,12H2,1-4H3,(H2,20,26)(H,21,25)/t13-,15-/m0/s1. The van der Waals surface area contributed by atoms with Crippen molar-refractivity contribution >= 4 is 17.9 Å². The van der Waals surface area contributed by atoms with Crippen LogP contribution in [0.25, 0.3) is 0 Å². The minimum Gasteiger partial charge on any atom is -0.444 e. The lowest BCUT2D eigenvalue weighted by atomic mass is 10.00. The van der Waals surface area contributed by atoms with Gasteiger partial charge in [-0.25, -0.2) is 4.79 Å². The van der Waals surface area contributed by atoms with Crippen molar-refractivity contribution in [1.29, 1.82) is 0 Å². The van der Waals surface area contributed by atoms with Gasteiger partial charge in [-0.3, -0.25) is 14.3 Å². The van der Waals surface area contributed by atoms with Gasteiger partial charge < -0.3 is 20.7 Å². The van der Waals surface area contributed by atoms with Crippen LogP contribution in [0.15, 0.2) is 12.4 Å². The molecule has 9 nitrogen and oxygen atoms in total. The SMILES string of the molecule is Cn1cc(C[C@@H](CNC(=O)C[C@@H]2CCN(C(=O)OC(C)(C)C)C2)C(N)=O)cn1. The van der Waals surface area contributed by atoms with E-state index in [0.717, 1.165) is 12.0 Å². The molecule has 3 N–H and O–H groups in total. The number of carbonyl (C=O) groups excluding carboxylic acids is 3. The average molecular weight is 393 g/mol. The molecule has 0 spiro atoms. The molecule has 0 saturated carbocycles. The van der Waals surface area contributed by atoms with Crippen molar-refractivity contribution in [3.63, 3.8) is 0 Å². The molecule has 1 aromatic heterocycles. The lowest BCUT2D eigenvalue weighted by Gasteiger charge is -2.24. The summed E-state index contributed by atoms with van der Waals surface area (Å²) in [6, 6.07) is 0. The van der Waals surface area contributed by atoms with Crippen molar-refractivity contribution in [1.82, 2.24) is 20.0 Å². The maximum atomic E-state index is 12.3. The zero-order valence-corrected chi connectivity index (χ0v) is 17.1. The number of primary amides is 1. The van der Waals surface area contributed by atoms with E-state index in [1.165, 1.54) is 0 Å². The number of aryl methyl sites for hydroxylation is 1. The first-order valence-corrected chi connectivity index (χ1v) is 9.55. The zero-order chi connectivity index (χ0) is 20.9. The van der Waals surface area contributed by atoms with E-state index in [0.29, 0.717) is 25.9 Å². The lowest BCUT2D eigenvalue weighted by molar-refractivity contribution is -0.123. The first-order chi connectivity index (χ1) is 13.0. The number of amides is 3. The Hall–Kier alpha value is -2.58. The van der Waals surface area contributed by atoms with Crippen LogP contribution >= 0.6 is 0 Å². The summed E-state index contributed by atoms with van der Waals surface area (Å²) >= 11 is 0. The molecule has 9 heteroatoms. The van der Waals surface area contributed by atoms with Crippen molar-refractivity contribution in [3.8, 4) is 0 Å². The number of ether oxygens (including phenoxy) is 1. The summed E-state index contributed by atoms with van der Waals surface area (Å²) in [5.74, 6) is -1.01. The van der Waals surface area contributed by atoms with Gasteiger partial charge in [-0.05, 0) is 45.1 Å². The summed E-state index contributed by atoms with van der Waals surface area (Å²) in [4.78, 5) is 37.7. The van der Waals surface area contributed by atoms with Gasteiger partial charge in [0, 0.05) is 39.3 Å². The van der Waals surface area contributed by atoms with Crippen LogP contribution in [0.5, 0.6) is 0 Å². The summed E-state index contributed by atoms with van der Waals surface area (Å²) < 4.78 is 7.02. The molecular formula is C19H31N5O4. The van der Waals surface area contributed by atoms with E-state index < -0.39 is 17.4 Å². The Balaban J connectivity index is 1.77. The van der Waals surface area contributed by atoms with Crippen LogP contribution in [0.3, 0.4) is 0 Å². The van der Waals surface area contributed by atoms with E-state index in [1.807, 2.05) is 27.0 Å². The van der Waals surface area contributed by atoms with E-state index >= 15 is 0 Å². The third-order valence-electron chi connectivity index (χ3n) is 4.60. The first kappa shape index (κ1) is 21.7. The Kier molecular flexibility index (Phi) is 7.04. The number of nitrogens with one attached hydrogen (secondary N) is 1. The number of hydrogen-bond acceptors (Lipinski definition) is 5. The summed E-state index contributed by atoms with van der Waals surface area (Å²) in [5, 5.41) is 6.87. The van der Waals surface area contributed by atoms with E-state index in [1.54, 1.807) is 22.8 Å². The summed E-state index contributed by atoms with van der Waals surface area (Å²) in [6.07, 6.45) is 4.64. The van der Waals surface area contributed by atoms with Gasteiger partial charge in [0.05, 0.1) is 12.1 Å². The molecule has 1 aliphatic heterocycles. The fraction of sp³-hybridized carbons (Fsp3) is 0.684. The smallest absolute Gasteiger partial charge is 0.410 e. The predicted octanol–water partition coefficient (Wildman–Crippen LogP) is 0.827. The number of aromatic nitrogens is 2. The van der Waals surface area contributed by atoms with Gasteiger partial charge in [0.25, 0.3) is 0 Å². The van der Waals surface area contributed by atoms with Gasteiger partial charge in [-0.2, -0.15) is 5.10 Å². The minimum atomic E-state index is -0.537. The number of carbonyl (C=O) groups is 3. The van der Waals surface area contributed by atoms with E-state index in [-0.39, 0.29) is 24.5 Å². The van der Waals surface area contributed by atoms with E-state index in [9.17, 15) is 14.4 Å². The molecule has 0 aromatic carbocycles. The second-order valence-electron chi connectivity index (χ2n) is 8.41. The fourth-order valence-electron chi connectivity index (χ4n) is 3.20. The Morgan fingerprint density at radius 2 is 2.11 bits per heavy atom. The maximum Gasteiger partial charge on any atom is 0.410 e. The van der Waals surface area contributed by atoms with Crippen LogP contribution in [0, 0.1) is 11.8 Å². The normalized spacial score (nSPS) is 18.0. The monoisotopic (exact) mass is 393 g/mol. The second kappa shape index (κ2) is 9.07. The minimum absolute atomic E-state index is 0.0814. The lowest BCUT2D eigenvalue weighted by Crippen LogP contribution is -2.38. The van der Waals surface area contributed by atoms with Gasteiger partial charge in [0.1, 0.15) is 5.60 Å². The predicted molar refractivity (Wildman–Crippen MR) is 103 cm³/mol. The van der Waals surface area contributed by atoms with Gasteiger partial charge >= 0.3 is 6.09 Å². The molecule has 2 rings (SSSR count). The molecule has 28 heavy (non-hydrogen) atoms. The van der Waals surface area contributed by atoms with Gasteiger partial charge in [0.15, 0.2) is 0 Å². The Morgan fingerprint density at radius 3 is 2.68 bits per heavy atom. The Morgan fingerprint density at radius 1 is 1.39 bits per heavy atom. The van der Waals surface area contributed by atoms with Crippen LogP contribution in [0.1, 0.15) is 39.2 Å². The maximum absolute atomic E-state index is 12.3. The van der Waals surface area contributed by atoms with E-state index in [4.69, 9.17) is 10.5 Å². The summed E-state index contributed by atoms with van der Waals surface area (Å²) in [7, 11) is 1.80. The van der Waals surface area contributed by atoms with Crippen LogP contribution in [0.4, 0.5) is 4.79 Å². The van der Waals surface area contributed by atoms with E-state index in [2.05, 4.69) is 10.4 Å². The van der Waals surface area contributed by atoms with Crippen molar-refractivity contribution in [2.75, 3.05) is 19.6 Å². The van der Waals surface area contributed by atoms with Crippen LogP contribution in [-0.2, 0) is 27.8 Å². The molecule has 0 bridgehead atoms. The second-order valence-corrected chi connectivity index (χ2v) is 8.41. The first-order valence-electron chi connectivity index (χ1n) is 9.55. The summed E-state index contributed by atoms with van der Waals surface area (Å²) in [5.41, 5.74) is 5.82. The van der Waals surface area contributed by atoms with Crippen molar-refractivity contribution in [2.24, 2.45) is 24.6 Å².